The maximum atomic E-state index is 13.0. The molecule has 1 unspecified atom stereocenters. The predicted molar refractivity (Wildman–Crippen MR) is 86.1 cm³/mol. The second-order valence-corrected chi connectivity index (χ2v) is 6.79. The van der Waals surface area contributed by atoms with Crippen LogP contribution in [0.15, 0.2) is 18.2 Å². The molecule has 7 heteroatoms. The molecule has 21 heavy (non-hydrogen) atoms. The SMILES string of the molecule is CCC1CN(c2ccc(C(F)(F)F)c(C(N)=S)c2)CCS1. The van der Waals surface area contributed by atoms with Gasteiger partial charge in [0.25, 0.3) is 0 Å². The van der Waals surface area contributed by atoms with E-state index >= 15 is 0 Å². The molecule has 0 spiro atoms. The van der Waals surface area contributed by atoms with E-state index in [4.69, 9.17) is 18.0 Å². The average Bonchev–Trinajstić information content (AvgIpc) is 2.45. The van der Waals surface area contributed by atoms with Crippen LogP contribution in [0.1, 0.15) is 24.5 Å². The maximum Gasteiger partial charge on any atom is 0.417 e. The van der Waals surface area contributed by atoms with Gasteiger partial charge in [-0.05, 0) is 24.6 Å². The Bertz CT molecular complexity index is 531. The second-order valence-electron chi connectivity index (χ2n) is 4.94. The highest BCUT2D eigenvalue weighted by molar-refractivity contribution is 8.00. The molecule has 0 aliphatic carbocycles. The number of nitrogens with zero attached hydrogens (tertiary/aromatic N) is 1. The van der Waals surface area contributed by atoms with Crippen molar-refractivity contribution < 1.29 is 13.2 Å². The van der Waals surface area contributed by atoms with Crippen LogP contribution in [0.3, 0.4) is 0 Å². The van der Waals surface area contributed by atoms with Crippen LogP contribution in [0.2, 0.25) is 0 Å². The fourth-order valence-corrected chi connectivity index (χ4v) is 3.73. The largest absolute Gasteiger partial charge is 0.417 e. The highest BCUT2D eigenvalue weighted by Crippen LogP contribution is 2.35. The fraction of sp³-hybridized carbons (Fsp3) is 0.500. The van der Waals surface area contributed by atoms with Gasteiger partial charge in [0, 0.05) is 35.3 Å². The van der Waals surface area contributed by atoms with Gasteiger partial charge in [-0.15, -0.1) is 0 Å². The molecule has 0 aromatic heterocycles. The minimum Gasteiger partial charge on any atom is -0.389 e. The lowest BCUT2D eigenvalue weighted by Gasteiger charge is -2.34. The molecule has 1 saturated heterocycles. The van der Waals surface area contributed by atoms with Crippen LogP contribution in [0.25, 0.3) is 0 Å². The number of rotatable bonds is 3. The highest BCUT2D eigenvalue weighted by atomic mass is 32.2. The predicted octanol–water partition coefficient (Wildman–Crippen LogP) is 3.67. The zero-order chi connectivity index (χ0) is 15.6. The van der Waals surface area contributed by atoms with Crippen molar-refractivity contribution in [2.24, 2.45) is 5.73 Å². The molecule has 2 nitrogen and oxygen atoms in total. The Morgan fingerprint density at radius 2 is 2.19 bits per heavy atom. The topological polar surface area (TPSA) is 29.3 Å². The van der Waals surface area contributed by atoms with Gasteiger partial charge >= 0.3 is 6.18 Å². The van der Waals surface area contributed by atoms with Gasteiger partial charge in [0.2, 0.25) is 0 Å². The Kier molecular flexibility index (Phi) is 5.03. The summed E-state index contributed by atoms with van der Waals surface area (Å²) < 4.78 is 38.9. The first kappa shape index (κ1) is 16.4. The van der Waals surface area contributed by atoms with Crippen LogP contribution < -0.4 is 10.6 Å². The molecular formula is C14H17F3N2S2. The van der Waals surface area contributed by atoms with Crippen molar-refractivity contribution in [3.05, 3.63) is 29.3 Å². The Morgan fingerprint density at radius 3 is 2.76 bits per heavy atom. The van der Waals surface area contributed by atoms with E-state index in [1.54, 1.807) is 0 Å². The lowest BCUT2D eigenvalue weighted by Crippen LogP contribution is -2.37. The first-order valence-corrected chi connectivity index (χ1v) is 8.16. The molecule has 1 aliphatic rings. The Labute approximate surface area is 131 Å². The van der Waals surface area contributed by atoms with E-state index in [9.17, 15) is 13.2 Å². The van der Waals surface area contributed by atoms with Gasteiger partial charge in [-0.1, -0.05) is 19.1 Å². The summed E-state index contributed by atoms with van der Waals surface area (Å²) in [4.78, 5) is 1.88. The molecule has 1 fully saturated rings. The summed E-state index contributed by atoms with van der Waals surface area (Å²) in [6.45, 7) is 3.78. The fourth-order valence-electron chi connectivity index (χ4n) is 2.38. The molecular weight excluding hydrogens is 317 g/mol. The highest BCUT2D eigenvalue weighted by Gasteiger charge is 2.34. The first-order chi connectivity index (χ1) is 9.82. The molecule has 1 aliphatic heterocycles. The van der Waals surface area contributed by atoms with Gasteiger partial charge in [-0.2, -0.15) is 24.9 Å². The lowest BCUT2D eigenvalue weighted by molar-refractivity contribution is -0.137. The summed E-state index contributed by atoms with van der Waals surface area (Å²) in [5, 5.41) is 0.509. The summed E-state index contributed by atoms with van der Waals surface area (Å²) >= 11 is 6.69. The molecule has 0 radical (unpaired) electrons. The first-order valence-electron chi connectivity index (χ1n) is 6.70. The van der Waals surface area contributed by atoms with Crippen LogP contribution in [0.5, 0.6) is 0 Å². The molecule has 1 heterocycles. The van der Waals surface area contributed by atoms with E-state index in [0.29, 0.717) is 5.25 Å². The quantitative estimate of drug-likeness (QED) is 0.854. The maximum absolute atomic E-state index is 13.0. The number of anilines is 1. The molecule has 1 aromatic carbocycles. The number of nitrogens with two attached hydrogens (primary N) is 1. The van der Waals surface area contributed by atoms with Gasteiger partial charge in [-0.25, -0.2) is 0 Å². The molecule has 1 atom stereocenters. The number of hydrogen-bond donors (Lipinski definition) is 1. The van der Waals surface area contributed by atoms with E-state index in [-0.39, 0.29) is 10.6 Å². The number of benzene rings is 1. The Morgan fingerprint density at radius 1 is 1.48 bits per heavy atom. The van der Waals surface area contributed by atoms with E-state index in [1.807, 2.05) is 11.8 Å². The molecule has 2 N–H and O–H groups in total. The van der Waals surface area contributed by atoms with Gasteiger partial charge in [0.05, 0.1) is 5.56 Å². The summed E-state index contributed by atoms with van der Waals surface area (Å²) in [5.41, 5.74) is 5.36. The van der Waals surface area contributed by atoms with Gasteiger partial charge in [-0.3, -0.25) is 0 Å². The number of alkyl halides is 3. The number of halogens is 3. The molecule has 0 bridgehead atoms. The van der Waals surface area contributed by atoms with Gasteiger partial charge in [0.1, 0.15) is 4.99 Å². The summed E-state index contributed by atoms with van der Waals surface area (Å²) in [6, 6.07) is 4.05. The van der Waals surface area contributed by atoms with Gasteiger partial charge in [0.15, 0.2) is 0 Å². The van der Waals surface area contributed by atoms with Crippen molar-refractivity contribution in [2.75, 3.05) is 23.7 Å². The third-order valence-corrected chi connectivity index (χ3v) is 5.13. The minimum absolute atomic E-state index is 0.0960. The van der Waals surface area contributed by atoms with Crippen LogP contribution >= 0.6 is 24.0 Å². The molecule has 2 rings (SSSR count). The third-order valence-electron chi connectivity index (χ3n) is 3.53. The average molecular weight is 334 g/mol. The molecule has 1 aromatic rings. The van der Waals surface area contributed by atoms with Crippen molar-refractivity contribution in [1.82, 2.24) is 0 Å². The second kappa shape index (κ2) is 6.44. The normalized spacial score (nSPS) is 19.6. The summed E-state index contributed by atoms with van der Waals surface area (Å²) in [6.07, 6.45) is -3.40. The molecule has 0 amide bonds. The smallest absolute Gasteiger partial charge is 0.389 e. The van der Waals surface area contributed by atoms with Crippen molar-refractivity contribution >= 4 is 34.7 Å². The summed E-state index contributed by atoms with van der Waals surface area (Å²) in [5.74, 6) is 0.974. The van der Waals surface area contributed by atoms with Crippen molar-refractivity contribution in [3.8, 4) is 0 Å². The van der Waals surface area contributed by atoms with E-state index in [0.717, 1.165) is 37.0 Å². The van der Waals surface area contributed by atoms with Crippen LogP contribution in [-0.4, -0.2) is 29.1 Å². The van der Waals surface area contributed by atoms with Crippen LogP contribution in [0.4, 0.5) is 18.9 Å². The summed E-state index contributed by atoms with van der Waals surface area (Å²) in [7, 11) is 0. The Hall–Kier alpha value is -0.950. The van der Waals surface area contributed by atoms with Crippen molar-refractivity contribution in [3.63, 3.8) is 0 Å². The molecule has 0 saturated carbocycles. The van der Waals surface area contributed by atoms with Crippen molar-refractivity contribution in [1.29, 1.82) is 0 Å². The number of thiocarbonyl (C=S) groups is 1. The lowest BCUT2D eigenvalue weighted by atomic mass is 10.1. The van der Waals surface area contributed by atoms with Crippen molar-refractivity contribution in [2.45, 2.75) is 24.8 Å². The Balaban J connectivity index is 2.34. The monoisotopic (exact) mass is 334 g/mol. The number of hydrogen-bond acceptors (Lipinski definition) is 3. The van der Waals surface area contributed by atoms with E-state index < -0.39 is 11.7 Å². The zero-order valence-corrected chi connectivity index (χ0v) is 13.2. The third kappa shape index (κ3) is 3.83. The van der Waals surface area contributed by atoms with Gasteiger partial charge < -0.3 is 10.6 Å². The minimum atomic E-state index is -4.44. The number of thioether (sulfide) groups is 1. The zero-order valence-electron chi connectivity index (χ0n) is 11.6. The van der Waals surface area contributed by atoms with E-state index in [1.165, 1.54) is 12.1 Å². The standard InChI is InChI=1S/C14H17F3N2S2/c1-2-10-8-19(5-6-21-10)9-3-4-12(14(15,16)17)11(7-9)13(18)20/h3-4,7,10H,2,5-6,8H2,1H3,(H2,18,20). The molecule has 116 valence electrons. The van der Waals surface area contributed by atoms with E-state index in [2.05, 4.69) is 11.8 Å². The van der Waals surface area contributed by atoms with Crippen LogP contribution in [0, 0.1) is 0 Å². The van der Waals surface area contributed by atoms with Crippen LogP contribution in [-0.2, 0) is 6.18 Å².